The molecule has 1 aromatic heterocycles. The van der Waals surface area contributed by atoms with Crippen LogP contribution in [0.2, 0.25) is 5.02 Å². The first kappa shape index (κ1) is 14.8. The standard InChI is InChI=1S/C15H19ClN4/c1-11-9-12(2)20-15(19-11)18-8-7-17-10-13-5-3-4-6-14(13)16/h3-6,9,17H,7-8,10H2,1-2H3,(H,18,19,20). The first-order valence-electron chi connectivity index (χ1n) is 6.65. The van der Waals surface area contributed by atoms with Crippen molar-refractivity contribution >= 4 is 17.5 Å². The topological polar surface area (TPSA) is 49.8 Å². The highest BCUT2D eigenvalue weighted by atomic mass is 35.5. The zero-order valence-corrected chi connectivity index (χ0v) is 12.5. The van der Waals surface area contributed by atoms with Gasteiger partial charge in [-0.2, -0.15) is 0 Å². The summed E-state index contributed by atoms with van der Waals surface area (Å²) in [7, 11) is 0. The molecule has 2 rings (SSSR count). The van der Waals surface area contributed by atoms with Crippen LogP contribution in [0.5, 0.6) is 0 Å². The maximum absolute atomic E-state index is 6.09. The minimum absolute atomic E-state index is 0.682. The van der Waals surface area contributed by atoms with Crippen LogP contribution in [0, 0.1) is 13.8 Å². The number of benzene rings is 1. The number of anilines is 1. The van der Waals surface area contributed by atoms with E-state index in [9.17, 15) is 0 Å². The quantitative estimate of drug-likeness (QED) is 0.803. The van der Waals surface area contributed by atoms with Gasteiger partial charge in [-0.1, -0.05) is 29.8 Å². The molecule has 0 unspecified atom stereocenters. The average molecular weight is 291 g/mol. The van der Waals surface area contributed by atoms with Gasteiger partial charge in [0, 0.05) is 36.0 Å². The van der Waals surface area contributed by atoms with Crippen LogP contribution < -0.4 is 10.6 Å². The summed E-state index contributed by atoms with van der Waals surface area (Å²) >= 11 is 6.09. The van der Waals surface area contributed by atoms with Gasteiger partial charge in [-0.3, -0.25) is 0 Å². The Bertz CT molecular complexity index is 551. The summed E-state index contributed by atoms with van der Waals surface area (Å²) in [6, 6.07) is 9.81. The molecule has 2 N–H and O–H groups in total. The Morgan fingerprint density at radius 3 is 2.45 bits per heavy atom. The lowest BCUT2D eigenvalue weighted by Gasteiger charge is -2.08. The number of aryl methyl sites for hydroxylation is 2. The normalized spacial score (nSPS) is 10.6. The van der Waals surface area contributed by atoms with Crippen LogP contribution in [0.15, 0.2) is 30.3 Å². The predicted octanol–water partition coefficient (Wildman–Crippen LogP) is 2.95. The monoisotopic (exact) mass is 290 g/mol. The molecular weight excluding hydrogens is 272 g/mol. The molecule has 5 heteroatoms. The first-order valence-corrected chi connectivity index (χ1v) is 7.03. The van der Waals surface area contributed by atoms with Crippen molar-refractivity contribution in [3.05, 3.63) is 52.3 Å². The lowest BCUT2D eigenvalue weighted by molar-refractivity contribution is 0.704. The zero-order chi connectivity index (χ0) is 14.4. The zero-order valence-electron chi connectivity index (χ0n) is 11.8. The van der Waals surface area contributed by atoms with Crippen molar-refractivity contribution in [1.82, 2.24) is 15.3 Å². The molecule has 20 heavy (non-hydrogen) atoms. The van der Waals surface area contributed by atoms with E-state index >= 15 is 0 Å². The maximum Gasteiger partial charge on any atom is 0.223 e. The Morgan fingerprint density at radius 1 is 1.05 bits per heavy atom. The molecule has 0 spiro atoms. The number of nitrogens with one attached hydrogen (secondary N) is 2. The number of hydrogen-bond donors (Lipinski definition) is 2. The lowest BCUT2D eigenvalue weighted by atomic mass is 10.2. The number of rotatable bonds is 6. The van der Waals surface area contributed by atoms with Gasteiger partial charge in [0.2, 0.25) is 5.95 Å². The minimum Gasteiger partial charge on any atom is -0.353 e. The van der Waals surface area contributed by atoms with Crippen molar-refractivity contribution in [3.63, 3.8) is 0 Å². The molecule has 0 aliphatic carbocycles. The summed E-state index contributed by atoms with van der Waals surface area (Å²) in [6.45, 7) is 6.29. The summed E-state index contributed by atoms with van der Waals surface area (Å²) in [5.41, 5.74) is 3.06. The first-order chi connectivity index (χ1) is 9.65. The molecule has 1 heterocycles. The molecule has 0 saturated carbocycles. The van der Waals surface area contributed by atoms with Crippen LogP contribution >= 0.6 is 11.6 Å². The van der Waals surface area contributed by atoms with Gasteiger partial charge in [-0.15, -0.1) is 0 Å². The van der Waals surface area contributed by atoms with Gasteiger partial charge >= 0.3 is 0 Å². The predicted molar refractivity (Wildman–Crippen MR) is 83.2 cm³/mol. The van der Waals surface area contributed by atoms with Crippen molar-refractivity contribution in [1.29, 1.82) is 0 Å². The third-order valence-electron chi connectivity index (χ3n) is 2.84. The number of nitrogens with zero attached hydrogens (tertiary/aromatic N) is 2. The molecule has 0 aliphatic heterocycles. The summed E-state index contributed by atoms with van der Waals surface area (Å²) < 4.78 is 0. The third-order valence-corrected chi connectivity index (χ3v) is 3.21. The SMILES string of the molecule is Cc1cc(C)nc(NCCNCc2ccccc2Cl)n1. The Morgan fingerprint density at radius 2 is 1.75 bits per heavy atom. The summed E-state index contributed by atoms with van der Waals surface area (Å²) in [5.74, 6) is 0.682. The molecule has 0 bridgehead atoms. The highest BCUT2D eigenvalue weighted by Crippen LogP contribution is 2.14. The molecule has 0 fully saturated rings. The van der Waals surface area contributed by atoms with Crippen molar-refractivity contribution in [2.24, 2.45) is 0 Å². The van der Waals surface area contributed by atoms with E-state index in [4.69, 9.17) is 11.6 Å². The summed E-state index contributed by atoms with van der Waals surface area (Å²) in [6.07, 6.45) is 0. The molecule has 4 nitrogen and oxygen atoms in total. The maximum atomic E-state index is 6.09. The van der Waals surface area contributed by atoms with Gasteiger partial charge in [0.15, 0.2) is 0 Å². The van der Waals surface area contributed by atoms with E-state index in [-0.39, 0.29) is 0 Å². The average Bonchev–Trinajstić information content (AvgIpc) is 2.39. The second kappa shape index (κ2) is 7.22. The number of aromatic nitrogens is 2. The molecular formula is C15H19ClN4. The molecule has 0 aliphatic rings. The van der Waals surface area contributed by atoms with E-state index in [1.54, 1.807) is 0 Å². The van der Waals surface area contributed by atoms with E-state index in [1.807, 2.05) is 44.2 Å². The summed E-state index contributed by atoms with van der Waals surface area (Å²) in [5, 5.41) is 7.35. The minimum atomic E-state index is 0.682. The van der Waals surface area contributed by atoms with Crippen LogP contribution in [-0.4, -0.2) is 23.1 Å². The largest absolute Gasteiger partial charge is 0.353 e. The van der Waals surface area contributed by atoms with Gasteiger partial charge in [0.25, 0.3) is 0 Å². The highest BCUT2D eigenvalue weighted by molar-refractivity contribution is 6.31. The van der Waals surface area contributed by atoms with E-state index in [0.29, 0.717) is 5.95 Å². The Hall–Kier alpha value is -1.65. The van der Waals surface area contributed by atoms with Gasteiger partial charge in [-0.05, 0) is 31.5 Å². The molecule has 2 aromatic rings. The van der Waals surface area contributed by atoms with Crippen molar-refractivity contribution in [3.8, 4) is 0 Å². The van der Waals surface area contributed by atoms with Crippen molar-refractivity contribution < 1.29 is 0 Å². The lowest BCUT2D eigenvalue weighted by Crippen LogP contribution is -2.22. The summed E-state index contributed by atoms with van der Waals surface area (Å²) in [4.78, 5) is 8.67. The van der Waals surface area contributed by atoms with Gasteiger partial charge in [0.05, 0.1) is 0 Å². The van der Waals surface area contributed by atoms with Crippen molar-refractivity contribution in [2.75, 3.05) is 18.4 Å². The smallest absolute Gasteiger partial charge is 0.223 e. The molecule has 0 saturated heterocycles. The highest BCUT2D eigenvalue weighted by Gasteiger charge is 1.99. The van der Waals surface area contributed by atoms with Crippen LogP contribution in [-0.2, 0) is 6.54 Å². The molecule has 0 radical (unpaired) electrons. The van der Waals surface area contributed by atoms with E-state index in [1.165, 1.54) is 0 Å². The van der Waals surface area contributed by atoms with Gasteiger partial charge in [0.1, 0.15) is 0 Å². The van der Waals surface area contributed by atoms with E-state index < -0.39 is 0 Å². The van der Waals surface area contributed by atoms with Gasteiger partial charge in [-0.25, -0.2) is 9.97 Å². The third kappa shape index (κ3) is 4.47. The van der Waals surface area contributed by atoms with Crippen LogP contribution in [0.3, 0.4) is 0 Å². The van der Waals surface area contributed by atoms with E-state index in [2.05, 4.69) is 20.6 Å². The second-order valence-electron chi connectivity index (χ2n) is 4.67. The van der Waals surface area contributed by atoms with Crippen LogP contribution in [0.4, 0.5) is 5.95 Å². The Labute approximate surface area is 124 Å². The Balaban J connectivity index is 1.73. The van der Waals surface area contributed by atoms with Crippen LogP contribution in [0.25, 0.3) is 0 Å². The fourth-order valence-corrected chi connectivity index (χ4v) is 2.14. The molecule has 0 amide bonds. The number of halogens is 1. The van der Waals surface area contributed by atoms with Gasteiger partial charge < -0.3 is 10.6 Å². The van der Waals surface area contributed by atoms with E-state index in [0.717, 1.165) is 41.6 Å². The Kier molecular flexibility index (Phi) is 5.32. The van der Waals surface area contributed by atoms with Crippen LogP contribution in [0.1, 0.15) is 17.0 Å². The molecule has 0 atom stereocenters. The number of hydrogen-bond acceptors (Lipinski definition) is 4. The molecule has 106 valence electrons. The van der Waals surface area contributed by atoms with Crippen molar-refractivity contribution in [2.45, 2.75) is 20.4 Å². The molecule has 1 aromatic carbocycles. The second-order valence-corrected chi connectivity index (χ2v) is 5.08. The fourth-order valence-electron chi connectivity index (χ4n) is 1.93. The fraction of sp³-hybridized carbons (Fsp3) is 0.333.